The summed E-state index contributed by atoms with van der Waals surface area (Å²) < 4.78 is 0. The third-order valence-corrected chi connectivity index (χ3v) is 5.98. The topological polar surface area (TPSA) is 36.4 Å². The van der Waals surface area contributed by atoms with Crippen LogP contribution in [-0.2, 0) is 0 Å². The zero-order valence-electron chi connectivity index (χ0n) is 13.9. The zero-order valence-corrected chi connectivity index (χ0v) is 14.7. The maximum absolute atomic E-state index is 13.1. The van der Waals surface area contributed by atoms with Crippen molar-refractivity contribution in [3.8, 4) is 11.3 Å². The smallest absolute Gasteiger partial charge is 0.266 e. The third kappa shape index (κ3) is 3.05. The van der Waals surface area contributed by atoms with Crippen molar-refractivity contribution in [2.75, 3.05) is 31.1 Å². The summed E-state index contributed by atoms with van der Waals surface area (Å²) in [6, 6.07) is 10.1. The van der Waals surface area contributed by atoms with E-state index in [4.69, 9.17) is 4.98 Å². The van der Waals surface area contributed by atoms with Gasteiger partial charge in [0.25, 0.3) is 5.91 Å². The molecule has 126 valence electrons. The molecule has 2 aromatic rings. The number of piperidine rings is 1. The first-order valence-corrected chi connectivity index (χ1v) is 9.75. The van der Waals surface area contributed by atoms with Crippen LogP contribution in [0.5, 0.6) is 0 Å². The summed E-state index contributed by atoms with van der Waals surface area (Å²) in [5, 5.41) is 1.01. The number of aromatic nitrogens is 1. The van der Waals surface area contributed by atoms with Crippen LogP contribution in [0, 0.1) is 0 Å². The van der Waals surface area contributed by atoms with Gasteiger partial charge in [0, 0.05) is 31.7 Å². The van der Waals surface area contributed by atoms with E-state index < -0.39 is 0 Å². The fraction of sp³-hybridized carbons (Fsp3) is 0.474. The summed E-state index contributed by atoms with van der Waals surface area (Å²) in [6.45, 7) is 3.87. The van der Waals surface area contributed by atoms with E-state index in [9.17, 15) is 4.79 Å². The van der Waals surface area contributed by atoms with Crippen LogP contribution >= 0.6 is 11.3 Å². The van der Waals surface area contributed by atoms with Crippen LogP contribution in [0.3, 0.4) is 0 Å². The van der Waals surface area contributed by atoms with Gasteiger partial charge in [0.15, 0.2) is 5.13 Å². The van der Waals surface area contributed by atoms with Crippen LogP contribution in [0.2, 0.25) is 0 Å². The van der Waals surface area contributed by atoms with E-state index in [1.807, 2.05) is 23.1 Å². The molecular weight excluding hydrogens is 318 g/mol. The molecule has 2 aliphatic heterocycles. The standard InChI is InChI=1S/C19H23N3OS/c23-18(21-11-5-2-6-12-21)17-16(15-9-3-1-4-10-15)20-19(24-17)22-13-7-8-14-22/h1,3-4,9-10H,2,5-8,11-14H2. The van der Waals surface area contributed by atoms with Crippen molar-refractivity contribution in [3.05, 3.63) is 35.2 Å². The molecule has 3 heterocycles. The molecule has 0 spiro atoms. The van der Waals surface area contributed by atoms with Crippen LogP contribution in [-0.4, -0.2) is 42.0 Å². The van der Waals surface area contributed by atoms with Crippen molar-refractivity contribution < 1.29 is 4.79 Å². The molecule has 1 aromatic carbocycles. The molecule has 0 unspecified atom stereocenters. The predicted molar refractivity (Wildman–Crippen MR) is 98.8 cm³/mol. The average molecular weight is 341 g/mol. The molecule has 5 heteroatoms. The van der Waals surface area contributed by atoms with Gasteiger partial charge in [-0.3, -0.25) is 4.79 Å². The van der Waals surface area contributed by atoms with E-state index in [0.29, 0.717) is 0 Å². The number of benzene rings is 1. The Balaban J connectivity index is 1.71. The van der Waals surface area contributed by atoms with Crippen molar-refractivity contribution in [1.82, 2.24) is 9.88 Å². The van der Waals surface area contributed by atoms with E-state index in [0.717, 1.165) is 60.3 Å². The lowest BCUT2D eigenvalue weighted by molar-refractivity contribution is 0.0730. The first-order valence-electron chi connectivity index (χ1n) is 8.93. The van der Waals surface area contributed by atoms with Crippen LogP contribution in [0.25, 0.3) is 11.3 Å². The van der Waals surface area contributed by atoms with Gasteiger partial charge in [-0.1, -0.05) is 41.7 Å². The summed E-state index contributed by atoms with van der Waals surface area (Å²) in [5.74, 6) is 0.163. The molecule has 2 aliphatic rings. The molecule has 4 rings (SSSR count). The second-order valence-corrected chi connectivity index (χ2v) is 7.56. The van der Waals surface area contributed by atoms with Gasteiger partial charge >= 0.3 is 0 Å². The summed E-state index contributed by atoms with van der Waals surface area (Å²) in [4.78, 5) is 23.1. The van der Waals surface area contributed by atoms with E-state index in [1.165, 1.54) is 19.3 Å². The fourth-order valence-electron chi connectivity index (χ4n) is 3.53. The molecule has 24 heavy (non-hydrogen) atoms. The van der Waals surface area contributed by atoms with Gasteiger partial charge in [-0.15, -0.1) is 0 Å². The Morgan fingerprint density at radius 1 is 0.917 bits per heavy atom. The first-order chi connectivity index (χ1) is 11.8. The maximum atomic E-state index is 13.1. The van der Waals surface area contributed by atoms with Gasteiger partial charge in [-0.2, -0.15) is 0 Å². The minimum atomic E-state index is 0.163. The zero-order chi connectivity index (χ0) is 16.4. The Morgan fingerprint density at radius 3 is 2.29 bits per heavy atom. The minimum absolute atomic E-state index is 0.163. The predicted octanol–water partition coefficient (Wildman–Crippen LogP) is 4.04. The molecule has 0 radical (unpaired) electrons. The van der Waals surface area contributed by atoms with Crippen LogP contribution < -0.4 is 4.90 Å². The number of rotatable bonds is 3. The van der Waals surface area contributed by atoms with E-state index in [1.54, 1.807) is 11.3 Å². The van der Waals surface area contributed by atoms with Crippen molar-refractivity contribution >= 4 is 22.4 Å². The normalized spacial score (nSPS) is 18.2. The minimum Gasteiger partial charge on any atom is -0.348 e. The van der Waals surface area contributed by atoms with Crippen molar-refractivity contribution in [2.45, 2.75) is 32.1 Å². The van der Waals surface area contributed by atoms with Crippen molar-refractivity contribution in [1.29, 1.82) is 0 Å². The number of amides is 1. The van der Waals surface area contributed by atoms with Gasteiger partial charge < -0.3 is 9.80 Å². The van der Waals surface area contributed by atoms with Crippen LogP contribution in [0.4, 0.5) is 5.13 Å². The SMILES string of the molecule is O=C(c1sc(N2CCCC2)nc1-c1ccccc1)N1CCCCC1. The molecule has 2 fully saturated rings. The Labute approximate surface area is 147 Å². The van der Waals surface area contributed by atoms with E-state index in [2.05, 4.69) is 17.0 Å². The number of carbonyl (C=O) groups is 1. The number of thiazole rings is 1. The number of hydrogen-bond donors (Lipinski definition) is 0. The molecule has 0 saturated carbocycles. The summed E-state index contributed by atoms with van der Waals surface area (Å²) in [7, 11) is 0. The summed E-state index contributed by atoms with van der Waals surface area (Å²) >= 11 is 1.58. The number of anilines is 1. The quantitative estimate of drug-likeness (QED) is 0.845. The second-order valence-electron chi connectivity index (χ2n) is 6.59. The number of nitrogens with zero attached hydrogens (tertiary/aromatic N) is 3. The lowest BCUT2D eigenvalue weighted by atomic mass is 10.1. The molecular formula is C19H23N3OS. The highest BCUT2D eigenvalue weighted by molar-refractivity contribution is 7.18. The molecule has 0 bridgehead atoms. The number of carbonyl (C=O) groups excluding carboxylic acids is 1. The van der Waals surface area contributed by atoms with Crippen LogP contribution in [0.1, 0.15) is 41.8 Å². The average Bonchev–Trinajstić information content (AvgIpc) is 3.32. The van der Waals surface area contributed by atoms with Gasteiger partial charge in [0.1, 0.15) is 4.88 Å². The Morgan fingerprint density at radius 2 is 1.58 bits per heavy atom. The molecule has 1 aromatic heterocycles. The molecule has 0 atom stereocenters. The van der Waals surface area contributed by atoms with E-state index >= 15 is 0 Å². The van der Waals surface area contributed by atoms with E-state index in [-0.39, 0.29) is 5.91 Å². The molecule has 2 saturated heterocycles. The van der Waals surface area contributed by atoms with Gasteiger partial charge in [0.2, 0.25) is 0 Å². The first kappa shape index (κ1) is 15.6. The Kier molecular flexibility index (Phi) is 4.52. The maximum Gasteiger partial charge on any atom is 0.266 e. The Hall–Kier alpha value is -1.88. The lowest BCUT2D eigenvalue weighted by Crippen LogP contribution is -2.35. The molecule has 4 nitrogen and oxygen atoms in total. The second kappa shape index (κ2) is 6.93. The molecule has 0 aliphatic carbocycles. The number of likely N-dealkylation sites (tertiary alicyclic amines) is 1. The lowest BCUT2D eigenvalue weighted by Gasteiger charge is -2.26. The van der Waals surface area contributed by atoms with Gasteiger partial charge in [0.05, 0.1) is 5.69 Å². The highest BCUT2D eigenvalue weighted by Gasteiger charge is 2.27. The summed E-state index contributed by atoms with van der Waals surface area (Å²) in [6.07, 6.45) is 5.90. The van der Waals surface area contributed by atoms with Crippen molar-refractivity contribution in [2.24, 2.45) is 0 Å². The van der Waals surface area contributed by atoms with Gasteiger partial charge in [-0.25, -0.2) is 4.98 Å². The van der Waals surface area contributed by atoms with Crippen LogP contribution in [0.15, 0.2) is 30.3 Å². The molecule has 1 amide bonds. The Bertz CT molecular complexity index is 701. The highest BCUT2D eigenvalue weighted by Crippen LogP contribution is 2.35. The molecule has 0 N–H and O–H groups in total. The monoisotopic (exact) mass is 341 g/mol. The van der Waals surface area contributed by atoms with Gasteiger partial charge in [-0.05, 0) is 32.1 Å². The summed E-state index contributed by atoms with van der Waals surface area (Å²) in [5.41, 5.74) is 1.90. The third-order valence-electron chi connectivity index (χ3n) is 4.88. The highest BCUT2D eigenvalue weighted by atomic mass is 32.1. The number of hydrogen-bond acceptors (Lipinski definition) is 4. The fourth-order valence-corrected chi connectivity index (χ4v) is 4.64. The largest absolute Gasteiger partial charge is 0.348 e. The van der Waals surface area contributed by atoms with Crippen molar-refractivity contribution in [3.63, 3.8) is 0 Å².